The van der Waals surface area contributed by atoms with Crippen molar-refractivity contribution in [2.24, 2.45) is 0 Å². The number of carbonyl (C=O) groups excluding carboxylic acids is 2. The number of thiophene rings is 1. The molecule has 5 heteroatoms. The highest BCUT2D eigenvalue weighted by atomic mass is 32.1. The smallest absolute Gasteiger partial charge is 0.408 e. The van der Waals surface area contributed by atoms with E-state index in [1.165, 1.54) is 11.3 Å². The maximum absolute atomic E-state index is 11.5. The molecule has 0 aliphatic carbocycles. The quantitative estimate of drug-likeness (QED) is 0.898. The van der Waals surface area contributed by atoms with Crippen LogP contribution in [0.2, 0.25) is 0 Å². The average molecular weight is 255 g/mol. The number of ether oxygens (including phenoxy) is 1. The second kappa shape index (κ2) is 5.82. The van der Waals surface area contributed by atoms with Crippen LogP contribution in [-0.2, 0) is 16.0 Å². The van der Waals surface area contributed by atoms with Crippen LogP contribution in [0.5, 0.6) is 0 Å². The number of alkyl carbamates (subject to hydrolysis) is 1. The number of rotatable bonds is 4. The van der Waals surface area contributed by atoms with Crippen molar-refractivity contribution in [3.8, 4) is 0 Å². The maximum Gasteiger partial charge on any atom is 0.408 e. The number of hydrogen-bond donors (Lipinski definition) is 1. The molecule has 0 bridgehead atoms. The maximum atomic E-state index is 11.5. The number of nitrogens with one attached hydrogen (secondary N) is 1. The van der Waals surface area contributed by atoms with Crippen molar-refractivity contribution in [3.63, 3.8) is 0 Å². The second-order valence-corrected chi connectivity index (χ2v) is 5.68. The normalized spacial score (nSPS) is 11.0. The fourth-order valence-electron chi connectivity index (χ4n) is 1.15. The summed E-state index contributed by atoms with van der Waals surface area (Å²) < 4.78 is 5.02. The van der Waals surface area contributed by atoms with E-state index in [2.05, 4.69) is 5.32 Å². The zero-order valence-corrected chi connectivity index (χ0v) is 11.1. The Kier molecular flexibility index (Phi) is 4.69. The Balaban J connectivity index is 2.26. The average Bonchev–Trinajstić information content (AvgIpc) is 2.64. The van der Waals surface area contributed by atoms with Crippen LogP contribution in [0.15, 0.2) is 17.5 Å². The van der Waals surface area contributed by atoms with E-state index in [0.29, 0.717) is 6.42 Å². The number of ketones is 1. The van der Waals surface area contributed by atoms with Gasteiger partial charge >= 0.3 is 6.09 Å². The lowest BCUT2D eigenvalue weighted by Crippen LogP contribution is -2.35. The lowest BCUT2D eigenvalue weighted by molar-refractivity contribution is -0.117. The van der Waals surface area contributed by atoms with Crippen LogP contribution in [0, 0.1) is 0 Å². The van der Waals surface area contributed by atoms with E-state index in [9.17, 15) is 9.59 Å². The molecular weight excluding hydrogens is 238 g/mol. The van der Waals surface area contributed by atoms with Gasteiger partial charge in [0.25, 0.3) is 0 Å². The number of Topliss-reactive ketones (excluding diaryl/α,β-unsaturated/α-hetero) is 1. The highest BCUT2D eigenvalue weighted by molar-refractivity contribution is 7.10. The summed E-state index contributed by atoms with van der Waals surface area (Å²) in [6.07, 6.45) is -0.204. The molecule has 0 aromatic carbocycles. The van der Waals surface area contributed by atoms with E-state index in [1.54, 1.807) is 20.8 Å². The van der Waals surface area contributed by atoms with Gasteiger partial charge in [0.1, 0.15) is 5.60 Å². The molecule has 1 N–H and O–H groups in total. The lowest BCUT2D eigenvalue weighted by atomic mass is 10.2. The van der Waals surface area contributed by atoms with Crippen LogP contribution in [0.3, 0.4) is 0 Å². The molecule has 1 amide bonds. The minimum absolute atomic E-state index is 0.00676. The van der Waals surface area contributed by atoms with Gasteiger partial charge in [-0.25, -0.2) is 4.79 Å². The molecule has 4 nitrogen and oxygen atoms in total. The zero-order chi connectivity index (χ0) is 12.9. The molecule has 0 saturated heterocycles. The van der Waals surface area contributed by atoms with E-state index in [4.69, 9.17) is 4.74 Å². The van der Waals surface area contributed by atoms with Gasteiger partial charge in [0, 0.05) is 11.3 Å². The fraction of sp³-hybridized carbons (Fsp3) is 0.500. The van der Waals surface area contributed by atoms with Crippen LogP contribution >= 0.6 is 11.3 Å². The standard InChI is InChI=1S/C12H17NO3S/c1-12(2,3)16-11(15)13-8-9(14)7-10-5-4-6-17-10/h4-6H,7-8H2,1-3H3,(H,13,15). The Morgan fingerprint density at radius 2 is 2.12 bits per heavy atom. The third kappa shape index (κ3) is 6.06. The van der Waals surface area contributed by atoms with Gasteiger partial charge in [-0.1, -0.05) is 6.07 Å². The van der Waals surface area contributed by atoms with Crippen LogP contribution in [0.4, 0.5) is 4.79 Å². The Bertz CT molecular complexity index is 379. The van der Waals surface area contributed by atoms with Crippen LogP contribution < -0.4 is 5.32 Å². The monoisotopic (exact) mass is 255 g/mol. The van der Waals surface area contributed by atoms with Crippen molar-refractivity contribution < 1.29 is 14.3 Å². The molecule has 0 spiro atoms. The van der Waals surface area contributed by atoms with Gasteiger partial charge in [-0.15, -0.1) is 11.3 Å². The molecule has 0 fully saturated rings. The van der Waals surface area contributed by atoms with E-state index in [-0.39, 0.29) is 12.3 Å². The van der Waals surface area contributed by atoms with Crippen LogP contribution in [0.1, 0.15) is 25.6 Å². The first-order valence-corrected chi connectivity index (χ1v) is 6.26. The van der Waals surface area contributed by atoms with Crippen LogP contribution in [-0.4, -0.2) is 24.0 Å². The largest absolute Gasteiger partial charge is 0.444 e. The first-order chi connectivity index (χ1) is 7.87. The van der Waals surface area contributed by atoms with E-state index < -0.39 is 11.7 Å². The first-order valence-electron chi connectivity index (χ1n) is 5.38. The van der Waals surface area contributed by atoms with E-state index in [0.717, 1.165) is 4.88 Å². The van der Waals surface area contributed by atoms with Gasteiger partial charge < -0.3 is 10.1 Å². The summed E-state index contributed by atoms with van der Waals surface area (Å²) >= 11 is 1.53. The van der Waals surface area contributed by atoms with Crippen molar-refractivity contribution in [1.29, 1.82) is 0 Å². The Labute approximate surface area is 105 Å². The van der Waals surface area contributed by atoms with E-state index in [1.807, 2.05) is 17.5 Å². The Hall–Kier alpha value is -1.36. The number of carbonyl (C=O) groups is 2. The van der Waals surface area contributed by atoms with E-state index >= 15 is 0 Å². The molecule has 1 aromatic heterocycles. The first kappa shape index (κ1) is 13.7. The third-order valence-electron chi connectivity index (χ3n) is 1.78. The predicted octanol–water partition coefficient (Wildman–Crippen LogP) is 2.38. The lowest BCUT2D eigenvalue weighted by Gasteiger charge is -2.19. The molecule has 0 saturated carbocycles. The second-order valence-electron chi connectivity index (χ2n) is 4.65. The Morgan fingerprint density at radius 3 is 2.65 bits per heavy atom. The summed E-state index contributed by atoms with van der Waals surface area (Å²) in [5.74, 6) is -0.0293. The molecule has 0 atom stereocenters. The molecule has 0 radical (unpaired) electrons. The Morgan fingerprint density at radius 1 is 1.41 bits per heavy atom. The summed E-state index contributed by atoms with van der Waals surface area (Å²) in [6.45, 7) is 5.34. The van der Waals surface area contributed by atoms with Crippen molar-refractivity contribution in [1.82, 2.24) is 5.32 Å². The van der Waals surface area contributed by atoms with Gasteiger partial charge in [-0.2, -0.15) is 0 Å². The minimum Gasteiger partial charge on any atom is -0.444 e. The molecule has 17 heavy (non-hydrogen) atoms. The molecule has 0 unspecified atom stereocenters. The predicted molar refractivity (Wildman–Crippen MR) is 67.3 cm³/mol. The highest BCUT2D eigenvalue weighted by Gasteiger charge is 2.16. The van der Waals surface area contributed by atoms with Crippen molar-refractivity contribution in [2.45, 2.75) is 32.8 Å². The number of amides is 1. The van der Waals surface area contributed by atoms with Crippen molar-refractivity contribution in [3.05, 3.63) is 22.4 Å². The van der Waals surface area contributed by atoms with Gasteiger partial charge in [-0.3, -0.25) is 4.79 Å². The van der Waals surface area contributed by atoms with Crippen molar-refractivity contribution >= 4 is 23.2 Å². The zero-order valence-electron chi connectivity index (χ0n) is 10.3. The third-order valence-corrected chi connectivity index (χ3v) is 2.66. The summed E-state index contributed by atoms with van der Waals surface area (Å²) in [5, 5.41) is 4.37. The topological polar surface area (TPSA) is 55.4 Å². The molecule has 0 aliphatic heterocycles. The molecule has 94 valence electrons. The fourth-order valence-corrected chi connectivity index (χ4v) is 1.89. The molecule has 0 aliphatic rings. The SMILES string of the molecule is CC(C)(C)OC(=O)NCC(=O)Cc1cccs1. The van der Waals surface area contributed by atoms with Crippen LogP contribution in [0.25, 0.3) is 0 Å². The molecule has 1 rings (SSSR count). The van der Waals surface area contributed by atoms with Gasteiger partial charge in [-0.05, 0) is 32.2 Å². The summed E-state index contributed by atoms with van der Waals surface area (Å²) in [4.78, 5) is 23.8. The summed E-state index contributed by atoms with van der Waals surface area (Å²) in [5.41, 5.74) is -0.541. The highest BCUT2D eigenvalue weighted by Crippen LogP contribution is 2.09. The molecule has 1 aromatic rings. The van der Waals surface area contributed by atoms with Gasteiger partial charge in [0.05, 0.1) is 6.54 Å². The van der Waals surface area contributed by atoms with Gasteiger partial charge in [0.2, 0.25) is 0 Å². The minimum atomic E-state index is -0.558. The van der Waals surface area contributed by atoms with Crippen molar-refractivity contribution in [2.75, 3.05) is 6.54 Å². The summed E-state index contributed by atoms with van der Waals surface area (Å²) in [7, 11) is 0. The molecular formula is C12H17NO3S. The number of hydrogen-bond acceptors (Lipinski definition) is 4. The summed E-state index contributed by atoms with van der Waals surface area (Å²) in [6, 6.07) is 3.80. The van der Waals surface area contributed by atoms with Gasteiger partial charge in [0.15, 0.2) is 5.78 Å². The molecule has 1 heterocycles.